The molecule has 10 heavy (non-hydrogen) atoms. The fraction of sp³-hybridized carbons (Fsp3) is 0.875. The Morgan fingerprint density at radius 2 is 2.00 bits per heavy atom. The molecule has 1 aliphatic heterocycles. The monoisotopic (exact) mass is 159 g/mol. The Hall–Kier alpha value is 0.180. The van der Waals surface area contributed by atoms with Crippen molar-refractivity contribution in [3.05, 3.63) is 0 Å². The van der Waals surface area contributed by atoms with E-state index in [-0.39, 0.29) is 0 Å². The lowest BCUT2D eigenvalue weighted by atomic mass is 10.1. The molecule has 1 rings (SSSR count). The molecule has 0 spiro atoms. The molecule has 1 saturated heterocycles. The molecule has 1 fully saturated rings. The molecule has 0 aliphatic carbocycles. The number of thiol groups is 1. The summed E-state index contributed by atoms with van der Waals surface area (Å²) in [6.07, 6.45) is 3.62. The molecule has 60 valence electrons. The molecule has 0 amide bonds. The smallest absolute Gasteiger partial charge is 0.0178 e. The average Bonchev–Trinajstić information content (AvgIpc) is 1.76. The van der Waals surface area contributed by atoms with Gasteiger partial charge in [0.25, 0.3) is 0 Å². The van der Waals surface area contributed by atoms with Crippen molar-refractivity contribution in [2.24, 2.45) is 5.92 Å². The summed E-state index contributed by atoms with van der Waals surface area (Å²) in [5.74, 6) is 0.743. The lowest BCUT2D eigenvalue weighted by molar-refractivity contribution is 0.294. The summed E-state index contributed by atoms with van der Waals surface area (Å²) < 4.78 is 0. The van der Waals surface area contributed by atoms with Gasteiger partial charge in [-0.05, 0) is 18.6 Å². The number of likely N-dealkylation sites (tertiary alicyclic amines) is 1. The Labute approximate surface area is 67.4 Å². The third kappa shape index (κ3) is 1.61. The molecule has 0 N–H and O–H groups in total. The molecule has 1 nitrogen and oxygen atoms in total. The average molecular weight is 159 g/mol. The third-order valence-corrected chi connectivity index (χ3v) is 3.18. The van der Waals surface area contributed by atoms with E-state index < -0.39 is 0 Å². The second-order valence-corrected chi connectivity index (χ2v) is 3.98. The topological polar surface area (TPSA) is 3.24 Å². The molecule has 1 aliphatic rings. The second-order valence-electron chi connectivity index (χ2n) is 3.08. The number of rotatable bonds is 1. The van der Waals surface area contributed by atoms with Crippen LogP contribution in [0.2, 0.25) is 0 Å². The largest absolute Gasteiger partial charge is 0.274 e. The highest BCUT2D eigenvalue weighted by Crippen LogP contribution is 2.14. The first-order valence-corrected chi connectivity index (χ1v) is 5.31. The Bertz CT molecular complexity index is 136. The van der Waals surface area contributed by atoms with Crippen LogP contribution in [0.3, 0.4) is 0 Å². The molecule has 0 unspecified atom stereocenters. The van der Waals surface area contributed by atoms with E-state index in [4.69, 9.17) is 0 Å². The van der Waals surface area contributed by atoms with E-state index >= 15 is 0 Å². The summed E-state index contributed by atoms with van der Waals surface area (Å²) in [5.41, 5.74) is 0. The maximum atomic E-state index is 2.51. The van der Waals surface area contributed by atoms with Crippen molar-refractivity contribution < 1.29 is 0 Å². The molecule has 0 aromatic heterocycles. The zero-order valence-electron chi connectivity index (χ0n) is 7.09. The van der Waals surface area contributed by atoms with Gasteiger partial charge in [0.15, 0.2) is 0 Å². The summed E-state index contributed by atoms with van der Waals surface area (Å²) in [6, 6.07) is 0. The van der Waals surface area contributed by atoms with Gasteiger partial charge in [-0.3, -0.25) is 4.90 Å². The van der Waals surface area contributed by atoms with Crippen molar-refractivity contribution in [2.45, 2.75) is 20.3 Å². The minimum atomic E-state index is 0.743. The molecular formula is C8H17NS. The van der Waals surface area contributed by atoms with Crippen molar-refractivity contribution in [3.63, 3.8) is 0 Å². The van der Waals surface area contributed by atoms with Gasteiger partial charge in [0.2, 0.25) is 0 Å². The maximum Gasteiger partial charge on any atom is 0.0178 e. The molecule has 0 bridgehead atoms. The van der Waals surface area contributed by atoms with Crippen LogP contribution >= 0.6 is 11.4 Å². The van der Waals surface area contributed by atoms with E-state index in [0.717, 1.165) is 5.92 Å². The van der Waals surface area contributed by atoms with Gasteiger partial charge in [0.1, 0.15) is 0 Å². The number of hydrogen-bond donors (Lipinski definition) is 1. The standard InChI is InChI=1S/C8H17NS/c1-7(2)8(10-3)9-5-4-6-9/h7,10H,4-6H2,1-3H3. The predicted molar refractivity (Wildman–Crippen MR) is 50.9 cm³/mol. The summed E-state index contributed by atoms with van der Waals surface area (Å²) in [6.45, 7) is 7.16. The zero-order chi connectivity index (χ0) is 7.56. The Kier molecular flexibility index (Phi) is 2.93. The first-order chi connectivity index (χ1) is 4.75. The van der Waals surface area contributed by atoms with E-state index in [1.54, 1.807) is 4.99 Å². The Morgan fingerprint density at radius 1 is 1.40 bits per heavy atom. The van der Waals surface area contributed by atoms with Crippen LogP contribution in [0, 0.1) is 5.92 Å². The molecule has 0 aromatic carbocycles. The van der Waals surface area contributed by atoms with Crippen LogP contribution in [0.4, 0.5) is 0 Å². The van der Waals surface area contributed by atoms with Crippen LogP contribution in [-0.4, -0.2) is 29.2 Å². The summed E-state index contributed by atoms with van der Waals surface area (Å²) in [5, 5.41) is 0. The molecule has 0 saturated carbocycles. The van der Waals surface area contributed by atoms with E-state index in [0.29, 0.717) is 0 Å². The number of hydrogen-bond acceptors (Lipinski definition) is 0. The fourth-order valence-electron chi connectivity index (χ4n) is 1.31. The molecular weight excluding hydrogens is 142 g/mol. The lowest BCUT2D eigenvalue weighted by Crippen LogP contribution is -2.43. The first kappa shape index (κ1) is 8.28. The summed E-state index contributed by atoms with van der Waals surface area (Å²) in [4.78, 5) is 4.12. The molecule has 0 atom stereocenters. The van der Waals surface area contributed by atoms with Crippen LogP contribution in [-0.2, 0) is 0 Å². The van der Waals surface area contributed by atoms with Crippen LogP contribution in [0.5, 0.6) is 0 Å². The highest BCUT2D eigenvalue weighted by molar-refractivity contribution is 7.98. The van der Waals surface area contributed by atoms with E-state index in [2.05, 4.69) is 25.0 Å². The van der Waals surface area contributed by atoms with E-state index in [1.165, 1.54) is 30.9 Å². The van der Waals surface area contributed by atoms with Gasteiger partial charge >= 0.3 is 0 Å². The molecule has 2 heteroatoms. The van der Waals surface area contributed by atoms with Crippen molar-refractivity contribution in [3.8, 4) is 0 Å². The van der Waals surface area contributed by atoms with Crippen LogP contribution in [0.1, 0.15) is 20.3 Å². The molecule has 0 aromatic rings. The van der Waals surface area contributed by atoms with Gasteiger partial charge in [0, 0.05) is 18.1 Å². The number of nitrogens with zero attached hydrogens (tertiary/aromatic N) is 1. The molecule has 0 radical (unpaired) electrons. The predicted octanol–water partition coefficient (Wildman–Crippen LogP) is 1.57. The third-order valence-electron chi connectivity index (χ3n) is 1.93. The first-order valence-electron chi connectivity index (χ1n) is 3.97. The second kappa shape index (κ2) is 3.54. The van der Waals surface area contributed by atoms with Crippen molar-refractivity contribution in [1.29, 1.82) is 0 Å². The minimum absolute atomic E-state index is 0.743. The molecule has 1 heterocycles. The van der Waals surface area contributed by atoms with Gasteiger partial charge in [-0.15, -0.1) is 0 Å². The van der Waals surface area contributed by atoms with Crippen molar-refractivity contribution >= 4 is 16.3 Å². The van der Waals surface area contributed by atoms with Gasteiger partial charge in [0.05, 0.1) is 0 Å². The van der Waals surface area contributed by atoms with Crippen LogP contribution < -0.4 is 0 Å². The normalized spacial score (nSPS) is 22.2. The van der Waals surface area contributed by atoms with Gasteiger partial charge in [-0.2, -0.15) is 11.4 Å². The summed E-state index contributed by atoms with van der Waals surface area (Å²) >= 11 is 1.46. The maximum absolute atomic E-state index is 2.51. The van der Waals surface area contributed by atoms with Crippen LogP contribution in [0.15, 0.2) is 0 Å². The highest BCUT2D eigenvalue weighted by Gasteiger charge is 2.19. The fourth-order valence-corrected chi connectivity index (χ4v) is 2.31. The quantitative estimate of drug-likeness (QED) is 0.449. The van der Waals surface area contributed by atoms with Crippen LogP contribution in [0.25, 0.3) is 0 Å². The summed E-state index contributed by atoms with van der Waals surface area (Å²) in [7, 11) is 0. The highest BCUT2D eigenvalue weighted by atomic mass is 32.1. The van der Waals surface area contributed by atoms with Gasteiger partial charge in [-0.1, -0.05) is 13.8 Å². The Morgan fingerprint density at radius 3 is 2.10 bits per heavy atom. The Balaban J connectivity index is 2.48. The van der Waals surface area contributed by atoms with Gasteiger partial charge in [-0.25, -0.2) is 0 Å². The van der Waals surface area contributed by atoms with E-state index in [1.807, 2.05) is 0 Å². The lowest BCUT2D eigenvalue weighted by Gasteiger charge is -2.34. The zero-order valence-corrected chi connectivity index (χ0v) is 7.99. The van der Waals surface area contributed by atoms with Crippen molar-refractivity contribution in [1.82, 2.24) is 4.90 Å². The minimum Gasteiger partial charge on any atom is -0.274 e. The van der Waals surface area contributed by atoms with Gasteiger partial charge < -0.3 is 0 Å². The SMILES string of the molecule is C[SH]=C(C(C)C)N1CCC1. The van der Waals surface area contributed by atoms with E-state index in [9.17, 15) is 0 Å². The van der Waals surface area contributed by atoms with Crippen molar-refractivity contribution in [2.75, 3.05) is 19.3 Å².